The average Bonchev–Trinajstić information content (AvgIpc) is 3.33. The fourth-order valence-corrected chi connectivity index (χ4v) is 7.49. The van der Waals surface area contributed by atoms with Crippen molar-refractivity contribution in [2.75, 3.05) is 17.2 Å². The van der Waals surface area contributed by atoms with Crippen molar-refractivity contribution in [2.45, 2.75) is 94.4 Å². The van der Waals surface area contributed by atoms with Gasteiger partial charge in [0.25, 0.3) is 0 Å². The van der Waals surface area contributed by atoms with E-state index in [4.69, 9.17) is 4.98 Å². The predicted octanol–water partition coefficient (Wildman–Crippen LogP) is 4.44. The standard InChI is InChI=1S/C26H34N4O2S/c31-18-14-17(15-18)27-25-29-21-10-13-30(16-22(21)33-25)24(32)23-26(11-6-2-1-3-7-12-26)19-8-4-5-9-20(19)28-23/h4-5,8-9,17-18,23,28,31H,1-3,6-7,10-16H2,(H,27,29). The van der Waals surface area contributed by atoms with Crippen molar-refractivity contribution in [3.05, 3.63) is 40.4 Å². The molecule has 2 fully saturated rings. The number of fused-ring (bicyclic) bond motifs is 3. The lowest BCUT2D eigenvalue weighted by molar-refractivity contribution is -0.134. The van der Waals surface area contributed by atoms with E-state index < -0.39 is 0 Å². The van der Waals surface area contributed by atoms with E-state index in [1.807, 2.05) is 0 Å². The number of rotatable bonds is 3. The average molecular weight is 467 g/mol. The molecule has 2 saturated carbocycles. The van der Waals surface area contributed by atoms with E-state index in [0.29, 0.717) is 12.6 Å². The van der Waals surface area contributed by atoms with E-state index in [9.17, 15) is 9.90 Å². The highest BCUT2D eigenvalue weighted by atomic mass is 32.1. The molecule has 6 nitrogen and oxygen atoms in total. The van der Waals surface area contributed by atoms with Gasteiger partial charge in [-0.3, -0.25) is 4.79 Å². The largest absolute Gasteiger partial charge is 0.393 e. The van der Waals surface area contributed by atoms with Gasteiger partial charge in [0.2, 0.25) is 5.91 Å². The van der Waals surface area contributed by atoms with Crippen LogP contribution < -0.4 is 10.6 Å². The molecule has 3 heterocycles. The maximum Gasteiger partial charge on any atom is 0.246 e. The van der Waals surface area contributed by atoms with Crippen LogP contribution in [0.3, 0.4) is 0 Å². The van der Waals surface area contributed by atoms with Gasteiger partial charge in [-0.2, -0.15) is 0 Å². The fourth-order valence-electron chi connectivity index (χ4n) is 6.39. The van der Waals surface area contributed by atoms with Crippen molar-refractivity contribution in [3.63, 3.8) is 0 Å². The van der Waals surface area contributed by atoms with Crippen LogP contribution in [0.2, 0.25) is 0 Å². The first-order valence-corrected chi connectivity index (χ1v) is 13.5. The van der Waals surface area contributed by atoms with Crippen molar-refractivity contribution < 1.29 is 9.90 Å². The van der Waals surface area contributed by atoms with E-state index >= 15 is 0 Å². The number of thiazole rings is 1. The molecule has 1 unspecified atom stereocenters. The molecule has 0 radical (unpaired) electrons. The molecule has 1 atom stereocenters. The van der Waals surface area contributed by atoms with Crippen LogP contribution in [0.5, 0.6) is 0 Å². The van der Waals surface area contributed by atoms with E-state index in [0.717, 1.165) is 55.2 Å². The van der Waals surface area contributed by atoms with Crippen LogP contribution in [0.4, 0.5) is 10.8 Å². The number of anilines is 2. The second kappa shape index (κ2) is 8.58. The zero-order chi connectivity index (χ0) is 22.4. The zero-order valence-corrected chi connectivity index (χ0v) is 20.0. The summed E-state index contributed by atoms with van der Waals surface area (Å²) >= 11 is 1.68. The van der Waals surface area contributed by atoms with Crippen LogP contribution in [0.25, 0.3) is 0 Å². The molecule has 0 bridgehead atoms. The van der Waals surface area contributed by atoms with Crippen molar-refractivity contribution in [1.82, 2.24) is 9.88 Å². The lowest BCUT2D eigenvalue weighted by Gasteiger charge is -2.39. The molecule has 2 aromatic rings. The van der Waals surface area contributed by atoms with Crippen molar-refractivity contribution in [2.24, 2.45) is 0 Å². The molecule has 1 aromatic carbocycles. The number of nitrogens with one attached hydrogen (secondary N) is 2. The molecular formula is C26H34N4O2S. The van der Waals surface area contributed by atoms with Gasteiger partial charge >= 0.3 is 0 Å². The third-order valence-corrected chi connectivity index (χ3v) is 9.31. The molecule has 7 heteroatoms. The van der Waals surface area contributed by atoms with E-state index in [1.54, 1.807) is 11.3 Å². The number of nitrogens with zero attached hydrogens (tertiary/aromatic N) is 2. The second-order valence-corrected chi connectivity index (χ2v) is 11.5. The second-order valence-electron chi connectivity index (χ2n) is 10.4. The maximum atomic E-state index is 14.0. The number of benzene rings is 1. The quantitative estimate of drug-likeness (QED) is 0.623. The molecule has 2 aliphatic heterocycles. The molecule has 3 N–H and O–H groups in total. The van der Waals surface area contributed by atoms with Crippen molar-refractivity contribution in [1.29, 1.82) is 0 Å². The van der Waals surface area contributed by atoms with Crippen LogP contribution in [0, 0.1) is 0 Å². The fraction of sp³-hybridized carbons (Fsp3) is 0.615. The number of aliphatic hydroxyl groups excluding tert-OH is 1. The van der Waals surface area contributed by atoms with Gasteiger partial charge in [-0.15, -0.1) is 0 Å². The molecule has 4 aliphatic rings. The Balaban J connectivity index is 1.22. The lowest BCUT2D eigenvalue weighted by atomic mass is 9.68. The normalized spacial score (nSPS) is 28.2. The van der Waals surface area contributed by atoms with Crippen LogP contribution in [0.1, 0.15) is 73.9 Å². The van der Waals surface area contributed by atoms with E-state index in [-0.39, 0.29) is 23.5 Å². The number of aromatic nitrogens is 1. The topological polar surface area (TPSA) is 77.5 Å². The summed E-state index contributed by atoms with van der Waals surface area (Å²) in [5.41, 5.74) is 3.56. The molecule has 33 heavy (non-hydrogen) atoms. The minimum Gasteiger partial charge on any atom is -0.393 e. The van der Waals surface area contributed by atoms with Gasteiger partial charge < -0.3 is 20.6 Å². The Hall–Kier alpha value is -2.12. The third-order valence-electron chi connectivity index (χ3n) is 8.29. The highest BCUT2D eigenvalue weighted by Gasteiger charge is 2.51. The van der Waals surface area contributed by atoms with Gasteiger partial charge in [0.15, 0.2) is 5.13 Å². The summed E-state index contributed by atoms with van der Waals surface area (Å²) in [7, 11) is 0. The zero-order valence-electron chi connectivity index (χ0n) is 19.2. The van der Waals surface area contributed by atoms with Gasteiger partial charge in [0.1, 0.15) is 6.04 Å². The summed E-state index contributed by atoms with van der Waals surface area (Å²) in [6.45, 7) is 1.40. The number of para-hydroxylation sites is 1. The molecule has 6 rings (SSSR count). The Labute approximate surface area is 199 Å². The van der Waals surface area contributed by atoms with Gasteiger partial charge in [0, 0.05) is 35.0 Å². The van der Waals surface area contributed by atoms with Crippen molar-refractivity contribution in [3.8, 4) is 0 Å². The Morgan fingerprint density at radius 1 is 1.15 bits per heavy atom. The van der Waals surface area contributed by atoms with Gasteiger partial charge in [-0.1, -0.05) is 61.6 Å². The first kappa shape index (κ1) is 21.4. The minimum absolute atomic E-state index is 0.0835. The molecule has 1 aromatic heterocycles. The van der Waals surface area contributed by atoms with E-state index in [2.05, 4.69) is 39.8 Å². The number of carbonyl (C=O) groups excluding carboxylic acids is 1. The van der Waals surface area contributed by atoms with Crippen LogP contribution in [-0.2, 0) is 23.2 Å². The summed E-state index contributed by atoms with van der Waals surface area (Å²) in [5.74, 6) is 0.252. The number of amides is 1. The smallest absolute Gasteiger partial charge is 0.246 e. The minimum atomic E-state index is -0.172. The van der Waals surface area contributed by atoms with E-state index in [1.165, 1.54) is 42.5 Å². The highest BCUT2D eigenvalue weighted by Crippen LogP contribution is 2.49. The SMILES string of the molecule is O=C(C1Nc2ccccc2C12CCCCCCC2)N1CCc2nc(NC3CC(O)C3)sc2C1. The molecule has 2 aliphatic carbocycles. The molecule has 1 amide bonds. The Kier molecular flexibility index (Phi) is 5.57. The summed E-state index contributed by atoms with van der Waals surface area (Å²) in [4.78, 5) is 22.1. The number of hydrogen-bond acceptors (Lipinski definition) is 6. The van der Waals surface area contributed by atoms with Crippen molar-refractivity contribution >= 4 is 28.1 Å². The summed E-state index contributed by atoms with van der Waals surface area (Å²) in [6.07, 6.45) is 10.7. The third kappa shape index (κ3) is 3.83. The van der Waals surface area contributed by atoms with Crippen LogP contribution in [0.15, 0.2) is 24.3 Å². The molecule has 176 valence electrons. The van der Waals surface area contributed by atoms with Gasteiger partial charge in [-0.25, -0.2) is 4.98 Å². The Morgan fingerprint density at radius 2 is 1.91 bits per heavy atom. The van der Waals surface area contributed by atoms with Crippen LogP contribution >= 0.6 is 11.3 Å². The summed E-state index contributed by atoms with van der Waals surface area (Å²) in [5, 5.41) is 17.6. The number of carbonyl (C=O) groups is 1. The van der Waals surface area contributed by atoms with Gasteiger partial charge in [-0.05, 0) is 37.3 Å². The van der Waals surface area contributed by atoms with Gasteiger partial charge in [0.05, 0.1) is 18.3 Å². The number of hydrogen-bond donors (Lipinski definition) is 3. The lowest BCUT2D eigenvalue weighted by Crippen LogP contribution is -2.52. The predicted molar refractivity (Wildman–Crippen MR) is 132 cm³/mol. The summed E-state index contributed by atoms with van der Waals surface area (Å²) < 4.78 is 0. The molecule has 0 saturated heterocycles. The monoisotopic (exact) mass is 466 g/mol. The van der Waals surface area contributed by atoms with Crippen LogP contribution in [-0.4, -0.2) is 45.6 Å². The summed E-state index contributed by atoms with van der Waals surface area (Å²) in [6, 6.07) is 8.77. The Morgan fingerprint density at radius 3 is 2.70 bits per heavy atom. The highest BCUT2D eigenvalue weighted by molar-refractivity contribution is 7.15. The first-order chi connectivity index (χ1) is 16.1. The first-order valence-electron chi connectivity index (χ1n) is 12.7. The maximum absolute atomic E-state index is 14.0. The molecule has 1 spiro atoms. The molecular weight excluding hydrogens is 432 g/mol. The number of aliphatic hydroxyl groups is 1. The Bertz CT molecular complexity index is 1020.